The van der Waals surface area contributed by atoms with Crippen LogP contribution >= 0.6 is 0 Å². The lowest BCUT2D eigenvalue weighted by Crippen LogP contribution is -2.53. The Morgan fingerprint density at radius 2 is 1.65 bits per heavy atom. The number of nitrogens with one attached hydrogen (secondary N) is 1. The summed E-state index contributed by atoms with van der Waals surface area (Å²) in [5.74, 6) is -1.90. The summed E-state index contributed by atoms with van der Waals surface area (Å²) in [6.07, 6.45) is 0.172. The van der Waals surface area contributed by atoms with Crippen LogP contribution in [0, 0.1) is 0 Å². The number of nitrogens with zero attached hydrogens (tertiary/aromatic N) is 4. The van der Waals surface area contributed by atoms with Crippen molar-refractivity contribution >= 4 is 48.8 Å². The Hall–Kier alpha value is -4.29. The maximum atomic E-state index is 12.9. The number of aromatic nitrogens is 4. The van der Waals surface area contributed by atoms with Gasteiger partial charge in [0.15, 0.2) is 29.3 Å². The Morgan fingerprint density at radius 3 is 2.28 bits per heavy atom. The van der Waals surface area contributed by atoms with Crippen LogP contribution in [0.3, 0.4) is 0 Å². The fraction of sp³-hybridized carbons (Fsp3) is 0.345. The van der Waals surface area contributed by atoms with Gasteiger partial charge in [0.2, 0.25) is 0 Å². The van der Waals surface area contributed by atoms with Gasteiger partial charge in [0.1, 0.15) is 27.9 Å². The summed E-state index contributed by atoms with van der Waals surface area (Å²) in [5.41, 5.74) is -0.653. The highest BCUT2D eigenvalue weighted by atomic mass is 32.2. The van der Waals surface area contributed by atoms with Crippen molar-refractivity contribution in [1.82, 2.24) is 19.5 Å². The van der Waals surface area contributed by atoms with Gasteiger partial charge in [-0.2, -0.15) is 8.42 Å². The highest BCUT2D eigenvalue weighted by Crippen LogP contribution is 2.44. The molecule has 0 spiro atoms. The Balaban J connectivity index is 1.60. The zero-order valence-electron chi connectivity index (χ0n) is 25.0. The molecule has 2 aromatic heterocycles. The van der Waals surface area contributed by atoms with Gasteiger partial charge < -0.3 is 19.5 Å². The maximum absolute atomic E-state index is 12.9. The minimum atomic E-state index is -4.10. The molecular weight excluding hydrogens is 642 g/mol. The summed E-state index contributed by atoms with van der Waals surface area (Å²) in [4.78, 5) is 38.1. The lowest BCUT2D eigenvalue weighted by molar-refractivity contribution is -0.158. The molecule has 1 aliphatic heterocycles. The first-order valence-electron chi connectivity index (χ1n) is 13.8. The van der Waals surface area contributed by atoms with Crippen molar-refractivity contribution in [1.29, 1.82) is 0 Å². The van der Waals surface area contributed by atoms with E-state index < -0.39 is 68.2 Å². The maximum Gasteiger partial charge on any atom is 0.303 e. The number of fused-ring (bicyclic) bond motifs is 1. The molecule has 2 aromatic carbocycles. The molecule has 1 saturated heterocycles. The van der Waals surface area contributed by atoms with Crippen LogP contribution in [0.25, 0.3) is 11.2 Å². The summed E-state index contributed by atoms with van der Waals surface area (Å²) in [7, 11) is -8.00. The Bertz CT molecular complexity index is 1940. The molecule has 0 bridgehead atoms. The minimum Gasteiger partial charge on any atom is -0.455 e. The average Bonchev–Trinajstić information content (AvgIpc) is 3.54. The van der Waals surface area contributed by atoms with Crippen molar-refractivity contribution in [3.05, 3.63) is 84.4 Å². The van der Waals surface area contributed by atoms with Gasteiger partial charge in [-0.3, -0.25) is 18.3 Å². The summed E-state index contributed by atoms with van der Waals surface area (Å²) in [6, 6.07) is 17.3. The normalized spacial score (nSPS) is 21.7. The van der Waals surface area contributed by atoms with Crippen LogP contribution in [-0.4, -0.2) is 90.9 Å². The molecule has 0 aliphatic carbocycles. The number of imidazole rings is 1. The van der Waals surface area contributed by atoms with Crippen molar-refractivity contribution < 1.29 is 44.8 Å². The standard InChI is InChI=1S/C29H31N5O10S2/c1-19(35)43-23-24(41-14-20-10-6-4-7-11-20)29(16-45(2,37)38,15-42-46(3,39)40)44-28(23)34-18-32-22-25(30-17-31-26(22)34)33-27(36)21-12-8-5-9-13-21/h4-13,17-18,23-24,28H,14-16H2,1-3H3,(H,30,31,33,36)/t23-,24+,28-,29+/m0/s1. The number of carbonyl (C=O) groups excluding carboxylic acids is 2. The van der Waals surface area contributed by atoms with E-state index >= 15 is 0 Å². The average molecular weight is 674 g/mol. The van der Waals surface area contributed by atoms with Crippen molar-refractivity contribution in [2.45, 2.75) is 37.6 Å². The number of amides is 1. The summed E-state index contributed by atoms with van der Waals surface area (Å²) in [5, 5.41) is 2.70. The van der Waals surface area contributed by atoms with Crippen LogP contribution in [0.5, 0.6) is 0 Å². The van der Waals surface area contributed by atoms with Crippen LogP contribution in [0.1, 0.15) is 29.1 Å². The van der Waals surface area contributed by atoms with E-state index in [1.807, 2.05) is 0 Å². The molecule has 0 unspecified atom stereocenters. The number of esters is 1. The van der Waals surface area contributed by atoms with Gasteiger partial charge in [-0.1, -0.05) is 48.5 Å². The topological polar surface area (TPSA) is 195 Å². The lowest BCUT2D eigenvalue weighted by Gasteiger charge is -2.33. The van der Waals surface area contributed by atoms with E-state index in [2.05, 4.69) is 20.3 Å². The molecule has 244 valence electrons. The first-order valence-corrected chi connectivity index (χ1v) is 17.7. The van der Waals surface area contributed by atoms with Crippen LogP contribution in [0.4, 0.5) is 5.82 Å². The molecule has 1 amide bonds. The SMILES string of the molecule is CC(=O)O[C@H]1[C@@H](OCc2ccccc2)[C@@](COS(C)(=O)=O)(CS(C)(=O)=O)O[C@@H]1n1cnc2c(NC(=O)c3ccccc3)ncnc21. The number of benzene rings is 2. The molecule has 15 nitrogen and oxygen atoms in total. The summed E-state index contributed by atoms with van der Waals surface area (Å²) < 4.78 is 74.7. The summed E-state index contributed by atoms with van der Waals surface area (Å²) in [6.45, 7) is 0.291. The second-order valence-corrected chi connectivity index (χ2v) is 14.6. The number of sulfone groups is 1. The molecule has 3 heterocycles. The van der Waals surface area contributed by atoms with Gasteiger partial charge in [0.05, 0.1) is 31.5 Å². The van der Waals surface area contributed by atoms with Crippen LogP contribution < -0.4 is 5.32 Å². The van der Waals surface area contributed by atoms with Crippen LogP contribution in [0.15, 0.2) is 73.3 Å². The van der Waals surface area contributed by atoms with E-state index in [1.54, 1.807) is 60.7 Å². The molecule has 17 heteroatoms. The van der Waals surface area contributed by atoms with Gasteiger partial charge in [0, 0.05) is 18.7 Å². The number of hydrogen-bond donors (Lipinski definition) is 1. The molecule has 0 radical (unpaired) electrons. The number of rotatable bonds is 12. The van der Waals surface area contributed by atoms with E-state index in [4.69, 9.17) is 18.4 Å². The Labute approximate surface area is 264 Å². The first-order chi connectivity index (χ1) is 21.7. The third kappa shape index (κ3) is 7.73. The highest BCUT2D eigenvalue weighted by Gasteiger charge is 2.60. The van der Waals surface area contributed by atoms with Gasteiger partial charge in [-0.05, 0) is 17.7 Å². The van der Waals surface area contributed by atoms with Crippen molar-refractivity contribution in [3.63, 3.8) is 0 Å². The molecule has 0 saturated carbocycles. The first kappa shape index (κ1) is 33.1. The van der Waals surface area contributed by atoms with Gasteiger partial charge in [-0.25, -0.2) is 23.4 Å². The third-order valence-corrected chi connectivity index (χ3v) is 8.51. The molecule has 1 fully saturated rings. The fourth-order valence-corrected chi connectivity index (χ4v) is 6.80. The number of ether oxygens (including phenoxy) is 3. The van der Waals surface area contributed by atoms with Gasteiger partial charge >= 0.3 is 5.97 Å². The van der Waals surface area contributed by atoms with E-state index in [-0.39, 0.29) is 23.6 Å². The molecule has 4 atom stereocenters. The summed E-state index contributed by atoms with van der Waals surface area (Å²) >= 11 is 0. The molecule has 1 aliphatic rings. The van der Waals surface area contributed by atoms with E-state index in [0.717, 1.165) is 19.4 Å². The second-order valence-electron chi connectivity index (χ2n) is 10.8. The largest absolute Gasteiger partial charge is 0.455 e. The third-order valence-electron chi connectivity index (χ3n) is 6.95. The Morgan fingerprint density at radius 1 is 0.978 bits per heavy atom. The Kier molecular flexibility index (Phi) is 9.50. The second kappa shape index (κ2) is 13.2. The zero-order chi connectivity index (χ0) is 33.1. The minimum absolute atomic E-state index is 0.0688. The number of anilines is 1. The molecule has 5 rings (SSSR count). The fourth-order valence-electron chi connectivity index (χ4n) is 5.18. The molecule has 46 heavy (non-hydrogen) atoms. The molecular formula is C29H31N5O10S2. The van der Waals surface area contributed by atoms with Crippen molar-refractivity contribution in [2.75, 3.05) is 30.2 Å². The number of carbonyl (C=O) groups is 2. The van der Waals surface area contributed by atoms with Gasteiger partial charge in [0.25, 0.3) is 16.0 Å². The predicted molar refractivity (Wildman–Crippen MR) is 164 cm³/mol. The van der Waals surface area contributed by atoms with E-state index in [1.165, 1.54) is 17.2 Å². The van der Waals surface area contributed by atoms with Crippen molar-refractivity contribution in [2.24, 2.45) is 0 Å². The predicted octanol–water partition coefficient (Wildman–Crippen LogP) is 1.88. The zero-order valence-corrected chi connectivity index (χ0v) is 26.6. The number of hydrogen-bond acceptors (Lipinski definition) is 13. The molecule has 1 N–H and O–H groups in total. The van der Waals surface area contributed by atoms with Gasteiger partial charge in [-0.15, -0.1) is 0 Å². The highest BCUT2D eigenvalue weighted by molar-refractivity contribution is 7.90. The smallest absolute Gasteiger partial charge is 0.303 e. The van der Waals surface area contributed by atoms with E-state index in [0.29, 0.717) is 11.1 Å². The molecule has 4 aromatic rings. The monoisotopic (exact) mass is 673 g/mol. The van der Waals surface area contributed by atoms with E-state index in [9.17, 15) is 26.4 Å². The van der Waals surface area contributed by atoms with Crippen LogP contribution in [0.2, 0.25) is 0 Å². The van der Waals surface area contributed by atoms with Crippen molar-refractivity contribution in [3.8, 4) is 0 Å². The van der Waals surface area contributed by atoms with Crippen LogP contribution in [-0.2, 0) is 49.8 Å². The lowest BCUT2D eigenvalue weighted by atomic mass is 9.97. The quantitative estimate of drug-likeness (QED) is 0.169.